The number of hydrogen-bond donors (Lipinski definition) is 1. The van der Waals surface area contributed by atoms with Crippen LogP contribution in [0.4, 0.5) is 11.4 Å². The van der Waals surface area contributed by atoms with E-state index in [1.54, 1.807) is 42.5 Å². The Balaban J connectivity index is 1.52. The van der Waals surface area contributed by atoms with E-state index in [0.717, 1.165) is 5.56 Å². The smallest absolute Gasteiger partial charge is 0.255 e. The molecule has 1 aliphatic heterocycles. The van der Waals surface area contributed by atoms with Gasteiger partial charge in [0.25, 0.3) is 5.91 Å². The van der Waals surface area contributed by atoms with Crippen LogP contribution in [0.5, 0.6) is 0 Å². The van der Waals surface area contributed by atoms with Gasteiger partial charge in [-0.1, -0.05) is 49.5 Å². The number of halogens is 3. The molecular formula is C22H19Br2ClN2O3. The Hall–Kier alpha value is -1.70. The maximum absolute atomic E-state index is 12.9. The minimum atomic E-state index is -0.301. The fourth-order valence-electron chi connectivity index (χ4n) is 4.05. The zero-order chi connectivity index (χ0) is 21.6. The van der Waals surface area contributed by atoms with Gasteiger partial charge in [0, 0.05) is 25.9 Å². The number of nitrogens with zero attached hydrogens (tertiary/aromatic N) is 1. The second-order valence-electron chi connectivity index (χ2n) is 7.64. The number of benzene rings is 2. The van der Waals surface area contributed by atoms with Gasteiger partial charge in [0.1, 0.15) is 0 Å². The molecule has 2 fully saturated rings. The lowest BCUT2D eigenvalue weighted by atomic mass is 9.81. The average molecular weight is 555 g/mol. The molecule has 2 aromatic carbocycles. The van der Waals surface area contributed by atoms with Gasteiger partial charge in [-0.2, -0.15) is 0 Å². The standard InChI is InChI=1S/C22H19Br2ClN2O3/c1-11-18(25)3-2-4-19(11)26-20(28)12-5-7-13(8-6-12)27-21(29)14-9-16(23)17(24)10-15(14)22(27)30/h2-8,14-17H,9-10H2,1H3,(H,26,28)/t14-,15+,16+,17-. The number of rotatable bonds is 3. The van der Waals surface area contributed by atoms with Crippen molar-refractivity contribution in [3.05, 3.63) is 58.6 Å². The number of carbonyl (C=O) groups is 3. The van der Waals surface area contributed by atoms with Crippen LogP contribution in [0.1, 0.15) is 28.8 Å². The highest BCUT2D eigenvalue weighted by molar-refractivity contribution is 9.12. The first kappa shape index (κ1) is 21.5. The third-order valence-electron chi connectivity index (χ3n) is 5.82. The summed E-state index contributed by atoms with van der Waals surface area (Å²) in [5, 5.41) is 3.42. The van der Waals surface area contributed by atoms with Crippen LogP contribution < -0.4 is 10.2 Å². The molecule has 1 saturated heterocycles. The molecule has 0 aromatic heterocycles. The van der Waals surface area contributed by atoms with Crippen molar-refractivity contribution in [2.24, 2.45) is 11.8 Å². The zero-order valence-corrected chi connectivity index (χ0v) is 20.0. The van der Waals surface area contributed by atoms with E-state index in [1.807, 2.05) is 6.92 Å². The summed E-state index contributed by atoms with van der Waals surface area (Å²) < 4.78 is 0. The zero-order valence-electron chi connectivity index (χ0n) is 16.1. The van der Waals surface area contributed by atoms with Gasteiger partial charge in [0.15, 0.2) is 0 Å². The van der Waals surface area contributed by atoms with Gasteiger partial charge in [0.2, 0.25) is 11.8 Å². The molecule has 1 saturated carbocycles. The van der Waals surface area contributed by atoms with Crippen LogP contribution in [0.3, 0.4) is 0 Å². The fraction of sp³-hybridized carbons (Fsp3) is 0.318. The third kappa shape index (κ3) is 3.83. The molecule has 2 aliphatic rings. The fourth-order valence-corrected chi connectivity index (χ4v) is 5.46. The lowest BCUT2D eigenvalue weighted by molar-refractivity contribution is -0.122. The van der Waals surface area contributed by atoms with Crippen molar-refractivity contribution in [1.29, 1.82) is 0 Å². The molecule has 1 aliphatic carbocycles. The Morgan fingerprint density at radius 1 is 1.00 bits per heavy atom. The van der Waals surface area contributed by atoms with Crippen molar-refractivity contribution in [1.82, 2.24) is 0 Å². The van der Waals surface area contributed by atoms with E-state index in [0.29, 0.717) is 34.8 Å². The predicted octanol–water partition coefficient (Wildman–Crippen LogP) is 5.33. The Morgan fingerprint density at radius 3 is 2.13 bits per heavy atom. The number of nitrogens with one attached hydrogen (secondary N) is 1. The highest BCUT2D eigenvalue weighted by atomic mass is 79.9. The topological polar surface area (TPSA) is 66.5 Å². The van der Waals surface area contributed by atoms with E-state index in [2.05, 4.69) is 37.2 Å². The molecule has 1 heterocycles. The van der Waals surface area contributed by atoms with Gasteiger partial charge >= 0.3 is 0 Å². The normalized spacial score (nSPS) is 25.9. The average Bonchev–Trinajstić information content (AvgIpc) is 2.96. The number of amides is 3. The molecule has 4 rings (SSSR count). The van der Waals surface area contributed by atoms with Crippen molar-refractivity contribution >= 4 is 72.6 Å². The third-order valence-corrected chi connectivity index (χ3v) is 8.96. The molecule has 0 spiro atoms. The second kappa shape index (κ2) is 8.44. The molecule has 1 N–H and O–H groups in total. The maximum atomic E-state index is 12.9. The Labute approximate surface area is 196 Å². The molecule has 2 aromatic rings. The molecule has 0 bridgehead atoms. The van der Waals surface area contributed by atoms with Gasteiger partial charge < -0.3 is 5.32 Å². The van der Waals surface area contributed by atoms with Crippen molar-refractivity contribution in [2.75, 3.05) is 10.2 Å². The van der Waals surface area contributed by atoms with E-state index in [-0.39, 0.29) is 39.2 Å². The molecule has 30 heavy (non-hydrogen) atoms. The minimum absolute atomic E-state index is 0.163. The van der Waals surface area contributed by atoms with Gasteiger partial charge in [0.05, 0.1) is 17.5 Å². The Morgan fingerprint density at radius 2 is 1.57 bits per heavy atom. The minimum Gasteiger partial charge on any atom is -0.322 e. The van der Waals surface area contributed by atoms with E-state index in [9.17, 15) is 14.4 Å². The first-order valence-electron chi connectivity index (χ1n) is 9.60. The van der Waals surface area contributed by atoms with E-state index in [1.165, 1.54) is 4.90 Å². The largest absolute Gasteiger partial charge is 0.322 e. The molecule has 156 valence electrons. The monoisotopic (exact) mass is 552 g/mol. The van der Waals surface area contributed by atoms with Crippen LogP contribution in [0.15, 0.2) is 42.5 Å². The Kier molecular flexibility index (Phi) is 6.06. The van der Waals surface area contributed by atoms with E-state index >= 15 is 0 Å². The quantitative estimate of drug-likeness (QED) is 0.412. The van der Waals surface area contributed by atoms with Crippen LogP contribution in [-0.4, -0.2) is 27.4 Å². The molecule has 5 nitrogen and oxygen atoms in total. The lowest BCUT2D eigenvalue weighted by Gasteiger charge is -2.29. The molecular weight excluding hydrogens is 536 g/mol. The number of imide groups is 1. The summed E-state index contributed by atoms with van der Waals surface area (Å²) in [6.07, 6.45) is 1.25. The summed E-state index contributed by atoms with van der Waals surface area (Å²) in [4.78, 5) is 40.0. The SMILES string of the molecule is Cc1c(Cl)cccc1NC(=O)c1ccc(N2C(=O)[C@H]3C[C@@H](Br)[C@@H](Br)C[C@H]3C2=O)cc1. The van der Waals surface area contributed by atoms with Crippen LogP contribution in [0, 0.1) is 18.8 Å². The molecule has 8 heteroatoms. The summed E-state index contributed by atoms with van der Waals surface area (Å²) in [5.41, 5.74) is 2.34. The summed E-state index contributed by atoms with van der Waals surface area (Å²) in [5.74, 6) is -1.22. The number of hydrogen-bond acceptors (Lipinski definition) is 3. The first-order valence-corrected chi connectivity index (χ1v) is 11.8. The molecule has 0 radical (unpaired) electrons. The number of carbonyl (C=O) groups excluding carboxylic acids is 3. The van der Waals surface area contributed by atoms with E-state index in [4.69, 9.17) is 11.6 Å². The van der Waals surface area contributed by atoms with Gasteiger partial charge in [-0.25, -0.2) is 0 Å². The van der Waals surface area contributed by atoms with Crippen molar-refractivity contribution in [3.8, 4) is 0 Å². The van der Waals surface area contributed by atoms with Gasteiger partial charge in [-0.3, -0.25) is 19.3 Å². The van der Waals surface area contributed by atoms with Crippen LogP contribution in [0.2, 0.25) is 5.02 Å². The first-order chi connectivity index (χ1) is 14.3. The number of fused-ring (bicyclic) bond motifs is 1. The Bertz CT molecular complexity index is 1000. The summed E-state index contributed by atoms with van der Waals surface area (Å²) in [6, 6.07) is 11.8. The van der Waals surface area contributed by atoms with Crippen LogP contribution >= 0.6 is 43.5 Å². The van der Waals surface area contributed by atoms with Gasteiger partial charge in [-0.15, -0.1) is 0 Å². The highest BCUT2D eigenvalue weighted by Crippen LogP contribution is 2.44. The van der Waals surface area contributed by atoms with Crippen molar-refractivity contribution < 1.29 is 14.4 Å². The summed E-state index contributed by atoms with van der Waals surface area (Å²) in [6.45, 7) is 1.83. The predicted molar refractivity (Wildman–Crippen MR) is 125 cm³/mol. The second-order valence-corrected chi connectivity index (χ2v) is 10.4. The summed E-state index contributed by atoms with van der Waals surface area (Å²) in [7, 11) is 0. The van der Waals surface area contributed by atoms with Crippen LogP contribution in [0.25, 0.3) is 0 Å². The lowest BCUT2D eigenvalue weighted by Crippen LogP contribution is -2.34. The van der Waals surface area contributed by atoms with Crippen LogP contribution in [-0.2, 0) is 9.59 Å². The molecule has 4 atom stereocenters. The number of alkyl halides is 2. The van der Waals surface area contributed by atoms with Gasteiger partial charge in [-0.05, 0) is 61.7 Å². The van der Waals surface area contributed by atoms with Crippen molar-refractivity contribution in [2.45, 2.75) is 29.4 Å². The molecule has 3 amide bonds. The highest BCUT2D eigenvalue weighted by Gasteiger charge is 2.52. The van der Waals surface area contributed by atoms with Crippen molar-refractivity contribution in [3.63, 3.8) is 0 Å². The summed E-state index contributed by atoms with van der Waals surface area (Å²) >= 11 is 13.3. The maximum Gasteiger partial charge on any atom is 0.255 e. The number of anilines is 2. The molecule has 0 unspecified atom stereocenters. The van der Waals surface area contributed by atoms with E-state index < -0.39 is 0 Å².